The standard InChI is InChI=1S/C14H16ClNOS/c1-3-16-9-11-8-12(15)4-5-14(11)18-13-6-7-17-10(13)2/h4-8,16H,3,9H2,1-2H3. The van der Waals surface area contributed by atoms with E-state index in [1.165, 1.54) is 10.5 Å². The lowest BCUT2D eigenvalue weighted by molar-refractivity contribution is 0.527. The highest BCUT2D eigenvalue weighted by molar-refractivity contribution is 7.99. The normalized spacial score (nSPS) is 10.8. The van der Waals surface area contributed by atoms with Gasteiger partial charge in [-0.05, 0) is 43.3 Å². The summed E-state index contributed by atoms with van der Waals surface area (Å²) in [5, 5.41) is 4.11. The van der Waals surface area contributed by atoms with E-state index < -0.39 is 0 Å². The van der Waals surface area contributed by atoms with Gasteiger partial charge in [-0.2, -0.15) is 0 Å². The third-order valence-corrected chi connectivity index (χ3v) is 4.12. The molecule has 0 spiro atoms. The molecule has 2 rings (SSSR count). The van der Waals surface area contributed by atoms with Crippen molar-refractivity contribution < 1.29 is 4.42 Å². The molecule has 0 saturated carbocycles. The summed E-state index contributed by atoms with van der Waals surface area (Å²) in [5.74, 6) is 0.948. The molecule has 0 aliphatic carbocycles. The van der Waals surface area contributed by atoms with Gasteiger partial charge in [-0.3, -0.25) is 0 Å². The molecule has 0 amide bonds. The van der Waals surface area contributed by atoms with Crippen LogP contribution in [0.1, 0.15) is 18.2 Å². The summed E-state index contributed by atoms with van der Waals surface area (Å²) in [6, 6.07) is 7.99. The minimum Gasteiger partial charge on any atom is -0.468 e. The molecular formula is C14H16ClNOS. The number of aryl methyl sites for hydroxylation is 1. The summed E-state index contributed by atoms with van der Waals surface area (Å²) >= 11 is 7.77. The van der Waals surface area contributed by atoms with E-state index in [1.54, 1.807) is 18.0 Å². The molecular weight excluding hydrogens is 266 g/mol. The van der Waals surface area contributed by atoms with Crippen molar-refractivity contribution in [1.82, 2.24) is 5.32 Å². The van der Waals surface area contributed by atoms with Crippen LogP contribution in [0.4, 0.5) is 0 Å². The molecule has 1 N–H and O–H groups in total. The number of furan rings is 1. The van der Waals surface area contributed by atoms with Gasteiger partial charge in [0, 0.05) is 16.5 Å². The Morgan fingerprint density at radius 2 is 2.11 bits per heavy atom. The maximum Gasteiger partial charge on any atom is 0.114 e. The first-order valence-corrected chi connectivity index (χ1v) is 7.11. The van der Waals surface area contributed by atoms with Crippen LogP contribution in [0.15, 0.2) is 44.7 Å². The highest BCUT2D eigenvalue weighted by Gasteiger charge is 2.08. The van der Waals surface area contributed by atoms with E-state index in [0.717, 1.165) is 28.8 Å². The summed E-state index contributed by atoms with van der Waals surface area (Å²) < 4.78 is 5.32. The van der Waals surface area contributed by atoms with Crippen molar-refractivity contribution in [3.8, 4) is 0 Å². The Morgan fingerprint density at radius 3 is 2.78 bits per heavy atom. The average molecular weight is 282 g/mol. The van der Waals surface area contributed by atoms with E-state index in [-0.39, 0.29) is 0 Å². The van der Waals surface area contributed by atoms with Crippen molar-refractivity contribution in [3.05, 3.63) is 46.9 Å². The third kappa shape index (κ3) is 3.31. The van der Waals surface area contributed by atoms with Gasteiger partial charge in [0.15, 0.2) is 0 Å². The van der Waals surface area contributed by atoms with Gasteiger partial charge in [-0.1, -0.05) is 30.3 Å². The molecule has 0 atom stereocenters. The summed E-state index contributed by atoms with van der Waals surface area (Å²) in [6.07, 6.45) is 1.72. The molecule has 0 aliphatic rings. The molecule has 96 valence electrons. The average Bonchev–Trinajstić information content (AvgIpc) is 2.75. The van der Waals surface area contributed by atoms with Crippen LogP contribution in [0.3, 0.4) is 0 Å². The van der Waals surface area contributed by atoms with Crippen molar-refractivity contribution in [2.24, 2.45) is 0 Å². The zero-order chi connectivity index (χ0) is 13.0. The molecule has 0 bridgehead atoms. The van der Waals surface area contributed by atoms with Gasteiger partial charge in [0.2, 0.25) is 0 Å². The molecule has 1 aromatic carbocycles. The van der Waals surface area contributed by atoms with Crippen LogP contribution in [0.25, 0.3) is 0 Å². The lowest BCUT2D eigenvalue weighted by atomic mass is 10.2. The Morgan fingerprint density at radius 1 is 1.28 bits per heavy atom. The minimum atomic E-state index is 0.774. The first-order valence-electron chi connectivity index (χ1n) is 5.91. The fourth-order valence-electron chi connectivity index (χ4n) is 1.64. The smallest absolute Gasteiger partial charge is 0.114 e. The molecule has 0 aliphatic heterocycles. The van der Waals surface area contributed by atoms with E-state index in [0.29, 0.717) is 0 Å². The summed E-state index contributed by atoms with van der Waals surface area (Å²) in [7, 11) is 0. The number of benzene rings is 1. The fraction of sp³-hybridized carbons (Fsp3) is 0.286. The van der Waals surface area contributed by atoms with Crippen LogP contribution in [-0.2, 0) is 6.54 Å². The Bertz CT molecular complexity index is 524. The van der Waals surface area contributed by atoms with Crippen LogP contribution in [-0.4, -0.2) is 6.54 Å². The van der Waals surface area contributed by atoms with Crippen molar-refractivity contribution >= 4 is 23.4 Å². The third-order valence-electron chi connectivity index (χ3n) is 2.62. The fourth-order valence-corrected chi connectivity index (χ4v) is 2.79. The summed E-state index contributed by atoms with van der Waals surface area (Å²) in [5.41, 5.74) is 1.22. The molecule has 4 heteroatoms. The van der Waals surface area contributed by atoms with Crippen LogP contribution in [0, 0.1) is 6.92 Å². The SMILES string of the molecule is CCNCc1cc(Cl)ccc1Sc1ccoc1C. The lowest BCUT2D eigenvalue weighted by Gasteiger charge is -2.09. The molecule has 0 fully saturated rings. The second kappa shape index (κ2) is 6.32. The van der Waals surface area contributed by atoms with E-state index >= 15 is 0 Å². The van der Waals surface area contributed by atoms with Crippen LogP contribution in [0.2, 0.25) is 5.02 Å². The number of hydrogen-bond acceptors (Lipinski definition) is 3. The van der Waals surface area contributed by atoms with Crippen LogP contribution in [0.5, 0.6) is 0 Å². The van der Waals surface area contributed by atoms with Crippen molar-refractivity contribution in [2.75, 3.05) is 6.54 Å². The van der Waals surface area contributed by atoms with Gasteiger partial charge in [0.05, 0.1) is 11.2 Å². The molecule has 18 heavy (non-hydrogen) atoms. The molecule has 0 saturated heterocycles. The largest absolute Gasteiger partial charge is 0.468 e. The summed E-state index contributed by atoms with van der Waals surface area (Å²) in [6.45, 7) is 5.84. The van der Waals surface area contributed by atoms with Gasteiger partial charge >= 0.3 is 0 Å². The molecule has 0 radical (unpaired) electrons. The second-order valence-corrected chi connectivity index (χ2v) is 5.50. The zero-order valence-corrected chi connectivity index (χ0v) is 12.1. The van der Waals surface area contributed by atoms with Crippen LogP contribution < -0.4 is 5.32 Å². The van der Waals surface area contributed by atoms with E-state index in [9.17, 15) is 0 Å². The Hall–Kier alpha value is -0.900. The number of halogens is 1. The lowest BCUT2D eigenvalue weighted by Crippen LogP contribution is -2.12. The Labute approximate surface area is 117 Å². The highest BCUT2D eigenvalue weighted by atomic mass is 35.5. The first kappa shape index (κ1) is 13.5. The van der Waals surface area contributed by atoms with Crippen molar-refractivity contribution in [1.29, 1.82) is 0 Å². The van der Waals surface area contributed by atoms with Crippen LogP contribution >= 0.6 is 23.4 Å². The zero-order valence-electron chi connectivity index (χ0n) is 10.5. The number of rotatable bonds is 5. The van der Waals surface area contributed by atoms with Gasteiger partial charge in [-0.25, -0.2) is 0 Å². The first-order chi connectivity index (χ1) is 8.70. The monoisotopic (exact) mass is 281 g/mol. The second-order valence-electron chi connectivity index (χ2n) is 3.98. The van der Waals surface area contributed by atoms with E-state index in [1.807, 2.05) is 25.1 Å². The van der Waals surface area contributed by atoms with Gasteiger partial charge in [0.25, 0.3) is 0 Å². The Kier molecular flexibility index (Phi) is 4.75. The van der Waals surface area contributed by atoms with Gasteiger partial charge in [-0.15, -0.1) is 0 Å². The van der Waals surface area contributed by atoms with Crippen molar-refractivity contribution in [3.63, 3.8) is 0 Å². The predicted molar refractivity (Wildman–Crippen MR) is 76.4 cm³/mol. The molecule has 1 aromatic heterocycles. The topological polar surface area (TPSA) is 25.2 Å². The Balaban J connectivity index is 2.23. The molecule has 2 nitrogen and oxygen atoms in total. The molecule has 0 unspecified atom stereocenters. The maximum absolute atomic E-state index is 6.05. The predicted octanol–water partition coefficient (Wildman–Crippen LogP) is 4.50. The van der Waals surface area contributed by atoms with E-state index in [4.69, 9.17) is 16.0 Å². The molecule has 2 aromatic rings. The minimum absolute atomic E-state index is 0.774. The molecule has 1 heterocycles. The highest BCUT2D eigenvalue weighted by Crippen LogP contribution is 2.34. The van der Waals surface area contributed by atoms with Crippen molar-refractivity contribution in [2.45, 2.75) is 30.2 Å². The maximum atomic E-state index is 6.05. The summed E-state index contributed by atoms with van der Waals surface area (Å²) in [4.78, 5) is 2.36. The van der Waals surface area contributed by atoms with Gasteiger partial charge in [0.1, 0.15) is 5.76 Å². The number of hydrogen-bond donors (Lipinski definition) is 1. The van der Waals surface area contributed by atoms with Gasteiger partial charge < -0.3 is 9.73 Å². The van der Waals surface area contributed by atoms with E-state index in [2.05, 4.69) is 18.3 Å². The quantitative estimate of drug-likeness (QED) is 0.873. The number of nitrogens with one attached hydrogen (secondary N) is 1.